The van der Waals surface area contributed by atoms with Gasteiger partial charge in [0.1, 0.15) is 17.2 Å². The Balaban J connectivity index is 1.67. The highest BCUT2D eigenvalue weighted by Crippen LogP contribution is 2.22. The van der Waals surface area contributed by atoms with Crippen LogP contribution in [0.4, 0.5) is 0 Å². The highest BCUT2D eigenvalue weighted by molar-refractivity contribution is 6.20. The maximum Gasteiger partial charge on any atom is 0.297 e. The van der Waals surface area contributed by atoms with Gasteiger partial charge in [-0.2, -0.15) is 5.01 Å². The van der Waals surface area contributed by atoms with Crippen molar-refractivity contribution in [2.24, 2.45) is 4.99 Å². The lowest BCUT2D eigenvalue weighted by Gasteiger charge is -2.19. The molecule has 0 saturated carbocycles. The summed E-state index contributed by atoms with van der Waals surface area (Å²) < 4.78 is 10.4. The number of nitrogens with one attached hydrogen (secondary N) is 1. The molecule has 4 rings (SSSR count). The fourth-order valence-corrected chi connectivity index (χ4v) is 3.19. The fraction of sp³-hybridized carbons (Fsp3) is 0.0800. The Morgan fingerprint density at radius 3 is 2.31 bits per heavy atom. The van der Waals surface area contributed by atoms with E-state index < -0.39 is 11.8 Å². The topological polar surface area (TPSA) is 80.2 Å². The molecule has 7 heteroatoms. The van der Waals surface area contributed by atoms with Gasteiger partial charge in [-0.1, -0.05) is 48.5 Å². The van der Waals surface area contributed by atoms with Crippen molar-refractivity contribution in [2.45, 2.75) is 0 Å². The first-order chi connectivity index (χ1) is 15.6. The van der Waals surface area contributed by atoms with E-state index in [1.165, 1.54) is 12.1 Å². The van der Waals surface area contributed by atoms with Crippen LogP contribution in [0.15, 0.2) is 89.6 Å². The molecule has 0 aliphatic carbocycles. The number of hydrogen-bond donors (Lipinski definition) is 1. The van der Waals surface area contributed by atoms with E-state index in [1.54, 1.807) is 49.6 Å². The number of carbonyl (C=O) groups excluding carboxylic acids is 2. The van der Waals surface area contributed by atoms with Crippen molar-refractivity contribution in [1.82, 2.24) is 10.4 Å². The van der Waals surface area contributed by atoms with Crippen molar-refractivity contribution in [3.8, 4) is 11.5 Å². The van der Waals surface area contributed by atoms with E-state index in [4.69, 9.17) is 9.47 Å². The van der Waals surface area contributed by atoms with Gasteiger partial charge in [0.2, 0.25) is 0 Å². The van der Waals surface area contributed by atoms with Crippen LogP contribution in [0.2, 0.25) is 0 Å². The molecule has 1 N–H and O–H groups in total. The van der Waals surface area contributed by atoms with Gasteiger partial charge in [0.15, 0.2) is 5.84 Å². The molecule has 3 aromatic carbocycles. The second kappa shape index (κ2) is 9.18. The molecule has 0 fully saturated rings. The second-order valence-electron chi connectivity index (χ2n) is 6.92. The molecule has 0 bridgehead atoms. The van der Waals surface area contributed by atoms with E-state index in [0.29, 0.717) is 28.5 Å². The molecular formula is C25H21N3O4. The van der Waals surface area contributed by atoms with Crippen molar-refractivity contribution in [3.05, 3.63) is 101 Å². The van der Waals surface area contributed by atoms with E-state index in [1.807, 2.05) is 42.5 Å². The summed E-state index contributed by atoms with van der Waals surface area (Å²) in [6.07, 6.45) is 1.67. The first-order valence-corrected chi connectivity index (χ1v) is 9.88. The van der Waals surface area contributed by atoms with Crippen LogP contribution in [-0.2, 0) is 4.79 Å². The zero-order valence-corrected chi connectivity index (χ0v) is 17.6. The SMILES string of the molecule is COc1ccc(C=C2N=C(c3ccccc3)N(NC(=O)c3cccc(OC)c3)C2=O)cc1. The minimum atomic E-state index is -0.452. The lowest BCUT2D eigenvalue weighted by molar-refractivity contribution is -0.124. The monoisotopic (exact) mass is 427 g/mol. The molecule has 160 valence electrons. The Labute approximate surface area is 185 Å². The maximum atomic E-state index is 13.2. The Bertz CT molecular complexity index is 1200. The molecule has 3 aromatic rings. The van der Waals surface area contributed by atoms with Gasteiger partial charge in [-0.15, -0.1) is 0 Å². The number of methoxy groups -OCH3 is 2. The summed E-state index contributed by atoms with van der Waals surface area (Å²) >= 11 is 0. The van der Waals surface area contributed by atoms with Crippen molar-refractivity contribution >= 4 is 23.7 Å². The molecule has 2 amide bonds. The Morgan fingerprint density at radius 1 is 0.906 bits per heavy atom. The van der Waals surface area contributed by atoms with Crippen LogP contribution in [0, 0.1) is 0 Å². The minimum Gasteiger partial charge on any atom is -0.497 e. The summed E-state index contributed by atoms with van der Waals surface area (Å²) in [7, 11) is 3.12. The minimum absolute atomic E-state index is 0.208. The molecule has 1 aliphatic heterocycles. The van der Waals surface area contributed by atoms with Crippen LogP contribution in [0.1, 0.15) is 21.5 Å². The van der Waals surface area contributed by atoms with Crippen molar-refractivity contribution < 1.29 is 19.1 Å². The summed E-state index contributed by atoms with van der Waals surface area (Å²) in [5.74, 6) is 0.710. The van der Waals surface area contributed by atoms with Crippen LogP contribution in [-0.4, -0.2) is 36.9 Å². The first-order valence-electron chi connectivity index (χ1n) is 9.88. The summed E-state index contributed by atoms with van der Waals surface area (Å²) in [5.41, 5.74) is 4.73. The highest BCUT2D eigenvalue weighted by Gasteiger charge is 2.33. The number of hydrazine groups is 1. The van der Waals surface area contributed by atoms with Gasteiger partial charge in [0.05, 0.1) is 14.2 Å². The van der Waals surface area contributed by atoms with Crippen LogP contribution < -0.4 is 14.9 Å². The molecule has 0 spiro atoms. The Morgan fingerprint density at radius 2 is 1.62 bits per heavy atom. The zero-order chi connectivity index (χ0) is 22.5. The third kappa shape index (κ3) is 4.37. The number of benzene rings is 3. The van der Waals surface area contributed by atoms with Gasteiger partial charge in [-0.05, 0) is 42.0 Å². The smallest absolute Gasteiger partial charge is 0.297 e. The molecule has 1 heterocycles. The number of carbonyl (C=O) groups is 2. The average molecular weight is 427 g/mol. The molecule has 0 radical (unpaired) electrons. The third-order valence-corrected chi connectivity index (χ3v) is 4.86. The number of hydrogen-bond acceptors (Lipinski definition) is 5. The van der Waals surface area contributed by atoms with Crippen LogP contribution >= 0.6 is 0 Å². The summed E-state index contributed by atoms with van der Waals surface area (Å²) in [6, 6.07) is 23.2. The highest BCUT2D eigenvalue weighted by atomic mass is 16.5. The van der Waals surface area contributed by atoms with Crippen LogP contribution in [0.25, 0.3) is 6.08 Å². The van der Waals surface area contributed by atoms with Gasteiger partial charge in [0.25, 0.3) is 11.8 Å². The van der Waals surface area contributed by atoms with Crippen molar-refractivity contribution in [1.29, 1.82) is 0 Å². The van der Waals surface area contributed by atoms with Crippen molar-refractivity contribution in [2.75, 3.05) is 14.2 Å². The van der Waals surface area contributed by atoms with E-state index in [-0.39, 0.29) is 5.70 Å². The maximum absolute atomic E-state index is 13.2. The van der Waals surface area contributed by atoms with Gasteiger partial charge >= 0.3 is 0 Å². The summed E-state index contributed by atoms with van der Waals surface area (Å²) in [6.45, 7) is 0. The molecule has 0 aromatic heterocycles. The first kappa shape index (κ1) is 20.9. The molecule has 0 atom stereocenters. The number of rotatable bonds is 6. The van der Waals surface area contributed by atoms with Gasteiger partial charge < -0.3 is 9.47 Å². The quantitative estimate of drug-likeness (QED) is 0.609. The summed E-state index contributed by atoms with van der Waals surface area (Å²) in [4.78, 5) is 30.6. The number of amidine groups is 1. The number of amides is 2. The lowest BCUT2D eigenvalue weighted by atomic mass is 10.2. The molecule has 32 heavy (non-hydrogen) atoms. The molecule has 1 aliphatic rings. The molecule has 0 saturated heterocycles. The lowest BCUT2D eigenvalue weighted by Crippen LogP contribution is -2.47. The van der Waals surface area contributed by atoms with E-state index in [2.05, 4.69) is 10.4 Å². The van der Waals surface area contributed by atoms with Gasteiger partial charge in [-0.25, -0.2) is 4.99 Å². The van der Waals surface area contributed by atoms with Crippen molar-refractivity contribution in [3.63, 3.8) is 0 Å². The summed E-state index contributed by atoms with van der Waals surface area (Å²) in [5, 5.41) is 1.17. The number of nitrogens with zero attached hydrogens (tertiary/aromatic N) is 2. The third-order valence-electron chi connectivity index (χ3n) is 4.86. The Hall–Kier alpha value is -4.39. The molecule has 0 unspecified atom stereocenters. The number of ether oxygens (including phenoxy) is 2. The average Bonchev–Trinajstić information content (AvgIpc) is 3.15. The number of aliphatic imine (C=N–C) groups is 1. The van der Waals surface area contributed by atoms with E-state index >= 15 is 0 Å². The molecule has 7 nitrogen and oxygen atoms in total. The van der Waals surface area contributed by atoms with Gasteiger partial charge in [0, 0.05) is 11.1 Å². The van der Waals surface area contributed by atoms with E-state index in [9.17, 15) is 9.59 Å². The van der Waals surface area contributed by atoms with Crippen LogP contribution in [0.5, 0.6) is 11.5 Å². The zero-order valence-electron chi connectivity index (χ0n) is 17.6. The standard InChI is InChI=1S/C25H21N3O4/c1-31-20-13-11-17(12-14-20)15-22-25(30)28(23(26-22)18-7-4-3-5-8-18)27-24(29)19-9-6-10-21(16-19)32-2/h3-16H,1-2H3,(H,27,29). The molecular weight excluding hydrogens is 406 g/mol. The normalized spacial score (nSPS) is 14.3. The fourth-order valence-electron chi connectivity index (χ4n) is 3.19. The second-order valence-corrected chi connectivity index (χ2v) is 6.92. The Kier molecular flexibility index (Phi) is 5.98. The largest absolute Gasteiger partial charge is 0.497 e. The predicted molar refractivity (Wildman–Crippen MR) is 121 cm³/mol. The van der Waals surface area contributed by atoms with Gasteiger partial charge in [-0.3, -0.25) is 15.0 Å². The van der Waals surface area contributed by atoms with E-state index in [0.717, 1.165) is 5.56 Å². The predicted octanol–water partition coefficient (Wildman–Crippen LogP) is 3.68. The van der Waals surface area contributed by atoms with Crippen LogP contribution in [0.3, 0.4) is 0 Å².